The number of hydrogen-bond donors (Lipinski definition) is 1. The number of anilines is 1. The van der Waals surface area contributed by atoms with Gasteiger partial charge in [0.05, 0.1) is 29.0 Å². The lowest BCUT2D eigenvalue weighted by Gasteiger charge is -2.24. The number of halogens is 1. The zero-order valence-electron chi connectivity index (χ0n) is 16.9. The van der Waals surface area contributed by atoms with Crippen LogP contribution in [-0.2, 0) is 10.0 Å². The SMILES string of the molecule is C=CCN(c1ccccc1)S(=O)(=O)c1cc(C(=O)NC(C)c2ccccn2)ccc1Cl. The number of nitrogens with one attached hydrogen (secondary N) is 1. The van der Waals surface area contributed by atoms with E-state index >= 15 is 0 Å². The first-order valence-corrected chi connectivity index (χ1v) is 11.4. The maximum atomic E-state index is 13.4. The number of para-hydroxylation sites is 1. The summed E-state index contributed by atoms with van der Waals surface area (Å²) < 4.78 is 28.0. The van der Waals surface area contributed by atoms with Crippen LogP contribution in [0.25, 0.3) is 0 Å². The Kier molecular flexibility index (Phi) is 7.09. The minimum Gasteiger partial charge on any atom is -0.344 e. The number of hydrogen-bond acceptors (Lipinski definition) is 4. The molecular formula is C23H22ClN3O3S. The molecule has 0 aliphatic heterocycles. The standard InChI is InChI=1S/C23H22ClN3O3S/c1-3-15-27(19-9-5-4-6-10-19)31(29,30)22-16-18(12-13-20(22)24)23(28)26-17(2)21-11-7-8-14-25-21/h3-14,16-17H,1,15H2,2H3,(H,26,28). The van der Waals surface area contributed by atoms with Crippen LogP contribution in [0.4, 0.5) is 5.69 Å². The summed E-state index contributed by atoms with van der Waals surface area (Å²) in [5, 5.41) is 2.85. The Morgan fingerprint density at radius 3 is 2.52 bits per heavy atom. The third kappa shape index (κ3) is 5.13. The van der Waals surface area contributed by atoms with Gasteiger partial charge in [0.2, 0.25) is 0 Å². The lowest BCUT2D eigenvalue weighted by Crippen LogP contribution is -2.32. The second-order valence-electron chi connectivity index (χ2n) is 6.76. The molecule has 31 heavy (non-hydrogen) atoms. The number of aromatic nitrogens is 1. The van der Waals surface area contributed by atoms with Gasteiger partial charge in [0.25, 0.3) is 15.9 Å². The van der Waals surface area contributed by atoms with Gasteiger partial charge in [-0.25, -0.2) is 8.42 Å². The molecule has 0 radical (unpaired) electrons. The summed E-state index contributed by atoms with van der Waals surface area (Å²) in [4.78, 5) is 16.8. The fourth-order valence-electron chi connectivity index (χ4n) is 3.00. The van der Waals surface area contributed by atoms with E-state index in [2.05, 4.69) is 16.9 Å². The van der Waals surface area contributed by atoms with Crippen LogP contribution >= 0.6 is 11.6 Å². The van der Waals surface area contributed by atoms with Gasteiger partial charge in [-0.3, -0.25) is 14.1 Å². The summed E-state index contributed by atoms with van der Waals surface area (Å²) in [6.45, 7) is 5.51. The van der Waals surface area contributed by atoms with Gasteiger partial charge >= 0.3 is 0 Å². The molecule has 3 rings (SSSR count). The largest absolute Gasteiger partial charge is 0.344 e. The fraction of sp³-hybridized carbons (Fsp3) is 0.130. The topological polar surface area (TPSA) is 79.4 Å². The van der Waals surface area contributed by atoms with E-state index in [-0.39, 0.29) is 28.1 Å². The highest BCUT2D eigenvalue weighted by Gasteiger charge is 2.27. The zero-order chi connectivity index (χ0) is 22.4. The second kappa shape index (κ2) is 9.76. The lowest BCUT2D eigenvalue weighted by atomic mass is 10.1. The van der Waals surface area contributed by atoms with Gasteiger partial charge in [-0.2, -0.15) is 0 Å². The predicted octanol–water partition coefficient (Wildman–Crippen LogP) is 4.61. The van der Waals surface area contributed by atoms with Crippen molar-refractivity contribution in [1.82, 2.24) is 10.3 Å². The van der Waals surface area contributed by atoms with E-state index in [1.54, 1.807) is 55.6 Å². The molecule has 0 spiro atoms. The first kappa shape index (κ1) is 22.5. The van der Waals surface area contributed by atoms with E-state index in [9.17, 15) is 13.2 Å². The number of rotatable bonds is 8. The Bertz CT molecular complexity index is 1170. The molecule has 1 heterocycles. The van der Waals surface area contributed by atoms with Crippen molar-refractivity contribution in [2.45, 2.75) is 17.9 Å². The van der Waals surface area contributed by atoms with Crippen molar-refractivity contribution < 1.29 is 13.2 Å². The molecule has 1 aromatic heterocycles. The van der Waals surface area contributed by atoms with Gasteiger partial charge in [0.1, 0.15) is 4.90 Å². The molecule has 0 saturated heterocycles. The van der Waals surface area contributed by atoms with Crippen LogP contribution in [0.5, 0.6) is 0 Å². The summed E-state index contributed by atoms with van der Waals surface area (Å²) in [6.07, 6.45) is 3.13. The van der Waals surface area contributed by atoms with E-state index in [0.717, 1.165) is 0 Å². The molecule has 0 fully saturated rings. The van der Waals surface area contributed by atoms with E-state index in [4.69, 9.17) is 11.6 Å². The quantitative estimate of drug-likeness (QED) is 0.503. The molecule has 6 nitrogen and oxygen atoms in total. The molecule has 3 aromatic rings. The predicted molar refractivity (Wildman–Crippen MR) is 123 cm³/mol. The minimum absolute atomic E-state index is 0.0271. The molecule has 0 aliphatic carbocycles. The van der Waals surface area contributed by atoms with Gasteiger partial charge in [-0.05, 0) is 49.4 Å². The average Bonchev–Trinajstić information content (AvgIpc) is 2.78. The van der Waals surface area contributed by atoms with Crippen molar-refractivity contribution in [2.24, 2.45) is 0 Å². The van der Waals surface area contributed by atoms with Crippen LogP contribution in [0.3, 0.4) is 0 Å². The van der Waals surface area contributed by atoms with Crippen LogP contribution < -0.4 is 9.62 Å². The molecule has 1 atom stereocenters. The van der Waals surface area contributed by atoms with Crippen LogP contribution in [0.2, 0.25) is 5.02 Å². The highest BCUT2D eigenvalue weighted by molar-refractivity contribution is 7.93. The smallest absolute Gasteiger partial charge is 0.266 e. The van der Waals surface area contributed by atoms with Gasteiger partial charge < -0.3 is 5.32 Å². The summed E-state index contributed by atoms with van der Waals surface area (Å²) >= 11 is 6.25. The molecule has 1 unspecified atom stereocenters. The normalized spacial score (nSPS) is 12.1. The molecule has 0 aliphatic rings. The Hall–Kier alpha value is -3.16. The Balaban J connectivity index is 1.94. The molecule has 1 N–H and O–H groups in total. The van der Waals surface area contributed by atoms with Crippen molar-refractivity contribution in [2.75, 3.05) is 10.8 Å². The molecule has 2 aromatic carbocycles. The molecule has 160 valence electrons. The first-order valence-electron chi connectivity index (χ1n) is 9.54. The van der Waals surface area contributed by atoms with Crippen LogP contribution in [0.1, 0.15) is 29.0 Å². The van der Waals surface area contributed by atoms with Gasteiger partial charge in [0.15, 0.2) is 0 Å². The first-order chi connectivity index (χ1) is 14.8. The number of pyridine rings is 1. The third-order valence-corrected chi connectivity index (χ3v) is 6.85. The van der Waals surface area contributed by atoms with Crippen molar-refractivity contribution >= 4 is 33.2 Å². The Labute approximate surface area is 187 Å². The monoisotopic (exact) mass is 455 g/mol. The van der Waals surface area contributed by atoms with Crippen molar-refractivity contribution in [3.8, 4) is 0 Å². The fourth-order valence-corrected chi connectivity index (χ4v) is 4.94. The molecule has 8 heteroatoms. The average molecular weight is 456 g/mol. The van der Waals surface area contributed by atoms with Crippen LogP contribution in [0, 0.1) is 0 Å². The van der Waals surface area contributed by atoms with Crippen molar-refractivity contribution in [3.05, 3.63) is 102 Å². The number of nitrogens with zero attached hydrogens (tertiary/aromatic N) is 2. The summed E-state index contributed by atoms with van der Waals surface area (Å²) in [7, 11) is -4.05. The highest BCUT2D eigenvalue weighted by Crippen LogP contribution is 2.29. The van der Waals surface area contributed by atoms with Gasteiger partial charge in [-0.1, -0.05) is 41.9 Å². The summed E-state index contributed by atoms with van der Waals surface area (Å²) in [5.74, 6) is -0.429. The van der Waals surface area contributed by atoms with Crippen LogP contribution in [0.15, 0.2) is 90.5 Å². The summed E-state index contributed by atoms with van der Waals surface area (Å²) in [5.41, 5.74) is 1.34. The summed E-state index contributed by atoms with van der Waals surface area (Å²) in [6, 6.07) is 17.9. The van der Waals surface area contributed by atoms with E-state index in [1.807, 2.05) is 6.07 Å². The third-order valence-electron chi connectivity index (χ3n) is 4.58. The number of carbonyl (C=O) groups is 1. The van der Waals surface area contributed by atoms with E-state index < -0.39 is 15.9 Å². The van der Waals surface area contributed by atoms with Gasteiger partial charge in [0, 0.05) is 11.8 Å². The zero-order valence-corrected chi connectivity index (χ0v) is 18.5. The lowest BCUT2D eigenvalue weighted by molar-refractivity contribution is 0.0939. The minimum atomic E-state index is -4.05. The molecule has 0 saturated carbocycles. The second-order valence-corrected chi connectivity index (χ2v) is 8.99. The number of sulfonamides is 1. The molecule has 0 bridgehead atoms. The van der Waals surface area contributed by atoms with Crippen molar-refractivity contribution in [3.63, 3.8) is 0 Å². The maximum Gasteiger partial charge on any atom is 0.266 e. The van der Waals surface area contributed by atoms with Crippen LogP contribution in [-0.4, -0.2) is 25.9 Å². The number of amides is 1. The number of benzene rings is 2. The van der Waals surface area contributed by atoms with E-state index in [1.165, 1.54) is 28.6 Å². The Morgan fingerprint density at radius 2 is 1.87 bits per heavy atom. The Morgan fingerprint density at radius 1 is 1.16 bits per heavy atom. The maximum absolute atomic E-state index is 13.4. The molecular weight excluding hydrogens is 434 g/mol. The van der Waals surface area contributed by atoms with E-state index in [0.29, 0.717) is 11.4 Å². The van der Waals surface area contributed by atoms with Crippen molar-refractivity contribution in [1.29, 1.82) is 0 Å². The molecule has 1 amide bonds. The highest BCUT2D eigenvalue weighted by atomic mass is 35.5. The number of carbonyl (C=O) groups excluding carboxylic acids is 1. The van der Waals surface area contributed by atoms with Gasteiger partial charge in [-0.15, -0.1) is 6.58 Å².